The third-order valence-corrected chi connectivity index (χ3v) is 7.12. The lowest BCUT2D eigenvalue weighted by Gasteiger charge is -2.34. The van der Waals surface area contributed by atoms with Gasteiger partial charge < -0.3 is 43.8 Å². The molecule has 3 aliphatic heterocycles. The highest BCUT2D eigenvalue weighted by molar-refractivity contribution is 6.26. The number of phenolic OH excluding ortho intramolecular Hbond substituents is 3. The number of ketones is 2. The van der Waals surface area contributed by atoms with E-state index in [4.69, 9.17) is 23.4 Å². The van der Waals surface area contributed by atoms with Crippen LogP contribution < -0.4 is 15.1 Å². The summed E-state index contributed by atoms with van der Waals surface area (Å²) in [6.45, 7) is 1.58. The number of hydrogen-bond donors (Lipinski definition) is 4. The quantitative estimate of drug-likeness (QED) is 0.276. The van der Waals surface area contributed by atoms with Crippen LogP contribution >= 0.6 is 0 Å². The van der Waals surface area contributed by atoms with Gasteiger partial charge in [-0.3, -0.25) is 9.59 Å². The van der Waals surface area contributed by atoms with E-state index in [1.807, 2.05) is 0 Å². The van der Waals surface area contributed by atoms with E-state index in [9.17, 15) is 34.8 Å². The lowest BCUT2D eigenvalue weighted by atomic mass is 9.86. The van der Waals surface area contributed by atoms with Crippen molar-refractivity contribution in [1.82, 2.24) is 0 Å². The molecule has 7 rings (SSSR count). The van der Waals surface area contributed by atoms with Gasteiger partial charge in [-0.25, -0.2) is 4.79 Å². The molecule has 4 heterocycles. The minimum atomic E-state index is -2.14. The molecule has 37 heavy (non-hydrogen) atoms. The van der Waals surface area contributed by atoms with Gasteiger partial charge in [-0.2, -0.15) is 0 Å². The summed E-state index contributed by atoms with van der Waals surface area (Å²) in [5, 5.41) is 44.5. The molecule has 188 valence electrons. The van der Waals surface area contributed by atoms with E-state index in [2.05, 4.69) is 0 Å². The number of aryl methyl sites for hydroxylation is 1. The Hall–Kier alpha value is -4.55. The average molecular weight is 508 g/mol. The summed E-state index contributed by atoms with van der Waals surface area (Å²) in [7, 11) is 1.16. The Bertz CT molecular complexity index is 1730. The van der Waals surface area contributed by atoms with Gasteiger partial charge in [0.05, 0.1) is 23.8 Å². The number of Topliss-reactive ketones (excluding diaryl/α,β-unsaturated/α-hetero) is 1. The summed E-state index contributed by atoms with van der Waals surface area (Å²) in [6, 6.07) is 3.15. The molecule has 1 aliphatic carbocycles. The van der Waals surface area contributed by atoms with E-state index < -0.39 is 81.0 Å². The first-order chi connectivity index (χ1) is 17.6. The first-order valence-corrected chi connectivity index (χ1v) is 11.1. The number of allylic oxidation sites excluding steroid dienone is 2. The monoisotopic (exact) mass is 508 g/mol. The summed E-state index contributed by atoms with van der Waals surface area (Å²) in [5.41, 5.74) is -1.93. The fourth-order valence-electron chi connectivity index (χ4n) is 5.43. The molecule has 4 atom stereocenters. The van der Waals surface area contributed by atoms with Gasteiger partial charge in [0.25, 0.3) is 0 Å². The second-order valence-corrected chi connectivity index (χ2v) is 9.15. The molecule has 1 spiro atoms. The van der Waals surface area contributed by atoms with Crippen molar-refractivity contribution in [2.24, 2.45) is 0 Å². The van der Waals surface area contributed by atoms with Crippen molar-refractivity contribution in [3.63, 3.8) is 0 Å². The fourth-order valence-corrected chi connectivity index (χ4v) is 5.43. The number of aliphatic hydroxyl groups is 1. The van der Waals surface area contributed by atoms with Crippen LogP contribution in [0, 0.1) is 6.92 Å². The molecule has 0 radical (unpaired) electrons. The van der Waals surface area contributed by atoms with Crippen LogP contribution in [-0.4, -0.2) is 51.0 Å². The van der Waals surface area contributed by atoms with Crippen LogP contribution in [0.5, 0.6) is 28.7 Å². The smallest absolute Gasteiger partial charge is 0.347 e. The lowest BCUT2D eigenvalue weighted by Crippen LogP contribution is -2.51. The molecule has 12 nitrogen and oxygen atoms in total. The average Bonchev–Trinajstić information content (AvgIpc) is 3.60. The summed E-state index contributed by atoms with van der Waals surface area (Å²) in [6.07, 6.45) is -2.71. The lowest BCUT2D eigenvalue weighted by molar-refractivity contribution is -0.185. The van der Waals surface area contributed by atoms with Crippen molar-refractivity contribution in [2.45, 2.75) is 31.0 Å². The van der Waals surface area contributed by atoms with Crippen LogP contribution in [-0.2, 0) is 9.47 Å². The highest BCUT2D eigenvalue weighted by Crippen LogP contribution is 2.65. The maximum absolute atomic E-state index is 12.8. The van der Waals surface area contributed by atoms with E-state index in [-0.39, 0.29) is 16.9 Å². The number of rotatable bonds is 1. The molecule has 1 fully saturated rings. The molecule has 2 aromatic carbocycles. The molecule has 0 saturated carbocycles. The number of phenols is 3. The van der Waals surface area contributed by atoms with E-state index in [0.29, 0.717) is 16.7 Å². The van der Waals surface area contributed by atoms with Crippen molar-refractivity contribution in [3.05, 3.63) is 62.4 Å². The molecule has 1 aromatic heterocycles. The largest absolute Gasteiger partial charge is 0.507 e. The number of aromatic hydroxyl groups is 3. The summed E-state index contributed by atoms with van der Waals surface area (Å²) < 4.78 is 27.6. The Balaban J connectivity index is 1.41. The molecular weight excluding hydrogens is 492 g/mol. The molecule has 3 aromatic rings. The van der Waals surface area contributed by atoms with Crippen molar-refractivity contribution < 1.29 is 53.4 Å². The maximum atomic E-state index is 12.8. The minimum Gasteiger partial charge on any atom is -0.507 e. The molecule has 1 saturated heterocycles. The highest BCUT2D eigenvalue weighted by Gasteiger charge is 2.71. The van der Waals surface area contributed by atoms with Crippen molar-refractivity contribution >= 4 is 22.3 Å². The van der Waals surface area contributed by atoms with Gasteiger partial charge in [0.15, 0.2) is 46.7 Å². The zero-order chi connectivity index (χ0) is 26.1. The Morgan fingerprint density at radius 3 is 2.43 bits per heavy atom. The van der Waals surface area contributed by atoms with Crippen molar-refractivity contribution in [1.29, 1.82) is 0 Å². The minimum absolute atomic E-state index is 0.167. The molecule has 0 bridgehead atoms. The van der Waals surface area contributed by atoms with Crippen molar-refractivity contribution in [2.75, 3.05) is 7.11 Å². The Morgan fingerprint density at radius 2 is 1.70 bits per heavy atom. The van der Waals surface area contributed by atoms with E-state index >= 15 is 0 Å². The zero-order valence-corrected chi connectivity index (χ0v) is 19.0. The number of benzene rings is 2. The highest BCUT2D eigenvalue weighted by atomic mass is 16.8. The molecule has 4 N–H and O–H groups in total. The van der Waals surface area contributed by atoms with Gasteiger partial charge in [-0.15, -0.1) is 0 Å². The molecule has 0 unspecified atom stereocenters. The van der Waals surface area contributed by atoms with Crippen molar-refractivity contribution in [3.8, 4) is 28.7 Å². The Labute approximate surface area is 205 Å². The number of fused-ring (bicyclic) bond motifs is 7. The van der Waals surface area contributed by atoms with Gasteiger partial charge in [-0.1, -0.05) is 0 Å². The number of carbonyl (C=O) groups is 2. The van der Waals surface area contributed by atoms with Gasteiger partial charge >= 0.3 is 11.4 Å². The zero-order valence-electron chi connectivity index (χ0n) is 19.0. The topological polar surface area (TPSA) is 185 Å². The molecule has 12 heteroatoms. The Morgan fingerprint density at radius 1 is 0.973 bits per heavy atom. The van der Waals surface area contributed by atoms with Gasteiger partial charge in [0, 0.05) is 11.6 Å². The molecule has 0 amide bonds. The van der Waals surface area contributed by atoms with Crippen LogP contribution in [0.25, 0.3) is 10.8 Å². The third kappa shape index (κ3) is 2.45. The molecular formula is C25H16O12. The summed E-state index contributed by atoms with van der Waals surface area (Å²) in [4.78, 5) is 38.0. The van der Waals surface area contributed by atoms with E-state index in [1.54, 1.807) is 19.1 Å². The number of epoxide rings is 1. The van der Waals surface area contributed by atoms with Gasteiger partial charge in [-0.05, 0) is 24.4 Å². The summed E-state index contributed by atoms with van der Waals surface area (Å²) in [5.74, 6) is -6.80. The van der Waals surface area contributed by atoms with Crippen LogP contribution in [0.15, 0.2) is 33.2 Å². The predicted octanol–water partition coefficient (Wildman–Crippen LogP) is 1.78. The SMILES string of the molecule is COC1=CC(=O)c2c(O)c3c(c(O)c2C1=O)O[C@]1(Oc2c(cc4cc(C)oc(=O)c4c2O)[C@@H]2O[C@@H]21)[C@H]3O. The second-order valence-electron chi connectivity index (χ2n) is 9.15. The summed E-state index contributed by atoms with van der Waals surface area (Å²) >= 11 is 0. The molecule has 4 aliphatic rings. The Kier molecular flexibility index (Phi) is 3.87. The van der Waals surface area contributed by atoms with Crippen LogP contribution in [0.1, 0.15) is 49.8 Å². The number of hydrogen-bond acceptors (Lipinski definition) is 12. The van der Waals surface area contributed by atoms with Gasteiger partial charge in [0.1, 0.15) is 23.0 Å². The third-order valence-electron chi connectivity index (χ3n) is 7.12. The standard InChI is InChI=1S/C25H16O12/c1-6-3-7-4-8-19(17(29)11(7)24(32)34-6)36-25(23-20(8)35-23)22(31)14-16(28)12-9(26)5-10(33-2)15(27)13(12)18(30)21(14)37-25/h3-5,20,22-23,28-31H,1-2H3/t20-,22-,23-,25+/m0/s1. The predicted molar refractivity (Wildman–Crippen MR) is 119 cm³/mol. The first-order valence-electron chi connectivity index (χ1n) is 11.1. The van der Waals surface area contributed by atoms with Crippen LogP contribution in [0.4, 0.5) is 0 Å². The fraction of sp³-hybridized carbons (Fsp3) is 0.240. The number of aliphatic hydroxyl groups excluding tert-OH is 1. The van der Waals surface area contributed by atoms with Gasteiger partial charge in [0.2, 0.25) is 5.78 Å². The second kappa shape index (κ2) is 6.60. The number of ether oxygens (including phenoxy) is 4. The van der Waals surface area contributed by atoms with Crippen LogP contribution in [0.2, 0.25) is 0 Å². The maximum Gasteiger partial charge on any atom is 0.347 e. The van der Waals surface area contributed by atoms with E-state index in [0.717, 1.165) is 13.2 Å². The van der Waals surface area contributed by atoms with E-state index in [1.165, 1.54) is 0 Å². The number of methoxy groups -OCH3 is 1. The first kappa shape index (κ1) is 21.7. The normalized spacial score (nSPS) is 26.6. The number of carbonyl (C=O) groups excluding carboxylic acids is 2. The van der Waals surface area contributed by atoms with Crippen LogP contribution in [0.3, 0.4) is 0 Å².